The van der Waals surface area contributed by atoms with E-state index in [-0.39, 0.29) is 5.91 Å². The lowest BCUT2D eigenvalue weighted by Crippen LogP contribution is -2.31. The average Bonchev–Trinajstić information content (AvgIpc) is 3.00. The summed E-state index contributed by atoms with van der Waals surface area (Å²) in [5, 5.41) is 6.39. The second kappa shape index (κ2) is 5.43. The first-order valence-corrected chi connectivity index (χ1v) is 7.46. The van der Waals surface area contributed by atoms with Gasteiger partial charge in [-0.05, 0) is 50.0 Å². The molecule has 1 aliphatic heterocycles. The first-order valence-electron chi connectivity index (χ1n) is 7.46. The zero-order valence-electron chi connectivity index (χ0n) is 11.1. The van der Waals surface area contributed by atoms with Crippen LogP contribution in [0.1, 0.15) is 38.5 Å². The van der Waals surface area contributed by atoms with Gasteiger partial charge in [-0.3, -0.25) is 4.79 Å². The van der Waals surface area contributed by atoms with E-state index in [4.69, 9.17) is 0 Å². The van der Waals surface area contributed by atoms with Crippen molar-refractivity contribution in [3.63, 3.8) is 0 Å². The van der Waals surface area contributed by atoms with E-state index in [0.717, 1.165) is 44.3 Å². The molecule has 0 radical (unpaired) electrons. The van der Waals surface area contributed by atoms with Crippen molar-refractivity contribution in [1.29, 1.82) is 0 Å². The third kappa shape index (κ3) is 2.77. The molecule has 3 unspecified atom stereocenters. The van der Waals surface area contributed by atoms with E-state index in [1.165, 1.54) is 31.3 Å². The molecule has 100 valence electrons. The SMILES string of the molecule is O=C(CC1CC2CCC1C2)NCC1=CCNCC1. The summed E-state index contributed by atoms with van der Waals surface area (Å²) < 4.78 is 0. The van der Waals surface area contributed by atoms with E-state index in [1.807, 2.05) is 0 Å². The van der Waals surface area contributed by atoms with Gasteiger partial charge in [0.2, 0.25) is 5.91 Å². The lowest BCUT2D eigenvalue weighted by atomic mass is 9.86. The van der Waals surface area contributed by atoms with Crippen molar-refractivity contribution in [3.8, 4) is 0 Å². The normalized spacial score (nSPS) is 34.4. The topological polar surface area (TPSA) is 41.1 Å². The van der Waals surface area contributed by atoms with Gasteiger partial charge in [-0.25, -0.2) is 0 Å². The molecule has 3 atom stereocenters. The van der Waals surface area contributed by atoms with Crippen molar-refractivity contribution >= 4 is 5.91 Å². The van der Waals surface area contributed by atoms with Crippen LogP contribution in [0.15, 0.2) is 11.6 Å². The molecule has 18 heavy (non-hydrogen) atoms. The van der Waals surface area contributed by atoms with Crippen LogP contribution in [0.4, 0.5) is 0 Å². The maximum absolute atomic E-state index is 12.0. The molecule has 1 heterocycles. The van der Waals surface area contributed by atoms with Gasteiger partial charge in [-0.15, -0.1) is 0 Å². The summed E-state index contributed by atoms with van der Waals surface area (Å²) in [7, 11) is 0. The Hall–Kier alpha value is -0.830. The number of rotatable bonds is 4. The Kier molecular flexibility index (Phi) is 3.69. The van der Waals surface area contributed by atoms with Crippen LogP contribution in [-0.4, -0.2) is 25.5 Å². The molecule has 2 aliphatic carbocycles. The fourth-order valence-corrected chi connectivity index (χ4v) is 3.98. The van der Waals surface area contributed by atoms with Crippen molar-refractivity contribution in [2.75, 3.05) is 19.6 Å². The van der Waals surface area contributed by atoms with Crippen molar-refractivity contribution in [3.05, 3.63) is 11.6 Å². The van der Waals surface area contributed by atoms with E-state index in [1.54, 1.807) is 0 Å². The molecule has 0 spiro atoms. The molecular formula is C15H24N2O. The number of hydrogen-bond acceptors (Lipinski definition) is 2. The standard InChI is InChI=1S/C15H24N2O/c18-15(17-10-11-3-5-16-6-4-11)9-14-8-12-1-2-13(14)7-12/h3,12-14,16H,1-2,4-10H2,(H,17,18). The summed E-state index contributed by atoms with van der Waals surface area (Å²) >= 11 is 0. The Morgan fingerprint density at radius 1 is 1.39 bits per heavy atom. The van der Waals surface area contributed by atoms with Crippen LogP contribution >= 0.6 is 0 Å². The number of fused-ring (bicyclic) bond motifs is 2. The molecule has 0 saturated heterocycles. The lowest BCUT2D eigenvalue weighted by Gasteiger charge is -2.21. The zero-order chi connectivity index (χ0) is 12.4. The predicted octanol–water partition coefficient (Wildman–Crippen LogP) is 1.85. The molecule has 0 aromatic rings. The number of nitrogens with one attached hydrogen (secondary N) is 2. The highest BCUT2D eigenvalue weighted by Crippen LogP contribution is 2.49. The quantitative estimate of drug-likeness (QED) is 0.746. The van der Waals surface area contributed by atoms with E-state index >= 15 is 0 Å². The van der Waals surface area contributed by atoms with Gasteiger partial charge < -0.3 is 10.6 Å². The first-order chi connectivity index (χ1) is 8.81. The third-order valence-electron chi connectivity index (χ3n) is 5.00. The molecule has 2 N–H and O–H groups in total. The van der Waals surface area contributed by atoms with Crippen LogP contribution in [0.5, 0.6) is 0 Å². The molecule has 2 fully saturated rings. The van der Waals surface area contributed by atoms with E-state index in [2.05, 4.69) is 16.7 Å². The van der Waals surface area contributed by atoms with Gasteiger partial charge >= 0.3 is 0 Å². The summed E-state index contributed by atoms with van der Waals surface area (Å²) in [4.78, 5) is 12.0. The predicted molar refractivity (Wildman–Crippen MR) is 72.1 cm³/mol. The van der Waals surface area contributed by atoms with Crippen LogP contribution in [0.25, 0.3) is 0 Å². The number of carbonyl (C=O) groups is 1. The lowest BCUT2D eigenvalue weighted by molar-refractivity contribution is -0.122. The Morgan fingerprint density at radius 3 is 3.00 bits per heavy atom. The molecule has 0 aromatic heterocycles. The fraction of sp³-hybridized carbons (Fsp3) is 0.800. The molecule has 2 bridgehead atoms. The second-order valence-electron chi connectivity index (χ2n) is 6.23. The molecule has 0 aromatic carbocycles. The van der Waals surface area contributed by atoms with Crippen LogP contribution in [0, 0.1) is 17.8 Å². The van der Waals surface area contributed by atoms with Crippen molar-refractivity contribution < 1.29 is 4.79 Å². The molecule has 1 amide bonds. The van der Waals surface area contributed by atoms with Gasteiger partial charge in [0.15, 0.2) is 0 Å². The van der Waals surface area contributed by atoms with Gasteiger partial charge in [0.05, 0.1) is 0 Å². The Morgan fingerprint density at radius 2 is 2.33 bits per heavy atom. The van der Waals surface area contributed by atoms with Crippen LogP contribution in [0.2, 0.25) is 0 Å². The molecule has 3 nitrogen and oxygen atoms in total. The highest BCUT2D eigenvalue weighted by Gasteiger charge is 2.39. The summed E-state index contributed by atoms with van der Waals surface area (Å²) in [6, 6.07) is 0. The van der Waals surface area contributed by atoms with E-state index in [0.29, 0.717) is 5.92 Å². The summed E-state index contributed by atoms with van der Waals surface area (Å²) in [5.41, 5.74) is 1.38. The maximum atomic E-state index is 12.0. The molecule has 3 rings (SSSR count). The molecular weight excluding hydrogens is 224 g/mol. The largest absolute Gasteiger partial charge is 0.352 e. The van der Waals surface area contributed by atoms with E-state index in [9.17, 15) is 4.79 Å². The zero-order valence-corrected chi connectivity index (χ0v) is 11.1. The maximum Gasteiger partial charge on any atom is 0.220 e. The first kappa shape index (κ1) is 12.2. The third-order valence-corrected chi connectivity index (χ3v) is 5.00. The fourth-order valence-electron chi connectivity index (χ4n) is 3.98. The molecule has 3 aliphatic rings. The van der Waals surface area contributed by atoms with Gasteiger partial charge in [0.25, 0.3) is 0 Å². The summed E-state index contributed by atoms with van der Waals surface area (Å²) in [6.45, 7) is 2.77. The number of amides is 1. The van der Waals surface area contributed by atoms with E-state index < -0.39 is 0 Å². The average molecular weight is 248 g/mol. The minimum atomic E-state index is 0.270. The van der Waals surface area contributed by atoms with Gasteiger partial charge in [-0.2, -0.15) is 0 Å². The van der Waals surface area contributed by atoms with Crippen molar-refractivity contribution in [1.82, 2.24) is 10.6 Å². The van der Waals surface area contributed by atoms with Crippen LogP contribution in [-0.2, 0) is 4.79 Å². The smallest absolute Gasteiger partial charge is 0.220 e. The summed E-state index contributed by atoms with van der Waals surface area (Å²) in [5.74, 6) is 2.76. The number of hydrogen-bond donors (Lipinski definition) is 2. The van der Waals surface area contributed by atoms with Gasteiger partial charge in [0.1, 0.15) is 0 Å². The summed E-state index contributed by atoms with van der Waals surface area (Å²) in [6.07, 6.45) is 9.56. The minimum absolute atomic E-state index is 0.270. The molecule has 3 heteroatoms. The Bertz CT molecular complexity index is 350. The minimum Gasteiger partial charge on any atom is -0.352 e. The van der Waals surface area contributed by atoms with Gasteiger partial charge in [-0.1, -0.05) is 18.1 Å². The van der Waals surface area contributed by atoms with Crippen LogP contribution in [0.3, 0.4) is 0 Å². The van der Waals surface area contributed by atoms with Crippen LogP contribution < -0.4 is 10.6 Å². The highest BCUT2D eigenvalue weighted by molar-refractivity contribution is 5.76. The van der Waals surface area contributed by atoms with Crippen molar-refractivity contribution in [2.45, 2.75) is 38.5 Å². The van der Waals surface area contributed by atoms with Gasteiger partial charge in [0, 0.05) is 19.5 Å². The second-order valence-corrected chi connectivity index (χ2v) is 6.23. The Labute approximate surface area is 109 Å². The highest BCUT2D eigenvalue weighted by atomic mass is 16.1. The molecule has 2 saturated carbocycles. The monoisotopic (exact) mass is 248 g/mol. The number of carbonyl (C=O) groups excluding carboxylic acids is 1. The Balaban J connectivity index is 1.40. The van der Waals surface area contributed by atoms with Crippen molar-refractivity contribution in [2.24, 2.45) is 17.8 Å².